The maximum atomic E-state index is 13.3. The van der Waals surface area contributed by atoms with Crippen LogP contribution in [-0.4, -0.2) is 69.9 Å². The van der Waals surface area contributed by atoms with Gasteiger partial charge in [-0.2, -0.15) is 5.10 Å². The average Bonchev–Trinajstić information content (AvgIpc) is 3.26. The number of aldehydes is 1. The van der Waals surface area contributed by atoms with Crippen molar-refractivity contribution in [2.45, 2.75) is 87.1 Å². The molecule has 1 unspecified atom stereocenters. The third-order valence-corrected chi connectivity index (χ3v) is 7.77. The molecule has 45 heavy (non-hydrogen) atoms. The number of ether oxygens (including phenoxy) is 1. The molecule has 1 atom stereocenters. The molecule has 0 saturated carbocycles. The van der Waals surface area contributed by atoms with Gasteiger partial charge in [0, 0.05) is 69.1 Å². The zero-order valence-electron chi connectivity index (χ0n) is 29.4. The predicted octanol–water partition coefficient (Wildman–Crippen LogP) is 6.81. The Bertz CT molecular complexity index is 1180. The zero-order valence-corrected chi connectivity index (χ0v) is 29.4. The average molecular weight is 622 g/mol. The van der Waals surface area contributed by atoms with E-state index >= 15 is 0 Å². The van der Waals surface area contributed by atoms with Crippen molar-refractivity contribution in [3.63, 3.8) is 0 Å². The minimum atomic E-state index is -0.434. The summed E-state index contributed by atoms with van der Waals surface area (Å²) in [6.07, 6.45) is 10.1. The maximum absolute atomic E-state index is 13.3. The van der Waals surface area contributed by atoms with Gasteiger partial charge in [-0.3, -0.25) is 14.6 Å². The van der Waals surface area contributed by atoms with Crippen LogP contribution in [0.5, 0.6) is 0 Å². The van der Waals surface area contributed by atoms with E-state index in [0.29, 0.717) is 31.0 Å². The van der Waals surface area contributed by atoms with E-state index in [2.05, 4.69) is 65.5 Å². The van der Waals surface area contributed by atoms with E-state index < -0.39 is 5.92 Å². The molecular weight excluding hydrogens is 562 g/mol. The topological polar surface area (TPSA) is 86.3 Å². The lowest BCUT2D eigenvalue weighted by Gasteiger charge is -2.34. The Kier molecular flexibility index (Phi) is 19.2. The highest BCUT2D eigenvalue weighted by atomic mass is 16.5. The lowest BCUT2D eigenvalue weighted by Crippen LogP contribution is -2.36. The normalized spacial score (nSPS) is 16.8. The molecule has 0 bridgehead atoms. The largest absolute Gasteiger partial charge is 0.388 e. The number of benzene rings is 1. The van der Waals surface area contributed by atoms with Crippen molar-refractivity contribution in [2.75, 3.05) is 44.8 Å². The first-order chi connectivity index (χ1) is 21.9. The summed E-state index contributed by atoms with van der Waals surface area (Å²) in [4.78, 5) is 27.7. The first-order valence-corrected chi connectivity index (χ1v) is 16.8. The molecule has 2 aliphatic rings. The predicted molar refractivity (Wildman–Crippen MR) is 190 cm³/mol. The Morgan fingerprint density at radius 3 is 2.29 bits per heavy atom. The molecule has 250 valence electrons. The van der Waals surface area contributed by atoms with E-state index in [4.69, 9.17) is 4.74 Å². The summed E-state index contributed by atoms with van der Waals surface area (Å²) < 4.78 is 5.54. The summed E-state index contributed by atoms with van der Waals surface area (Å²) in [6, 6.07) is 8.69. The summed E-state index contributed by atoms with van der Waals surface area (Å²) in [7, 11) is 1.84. The number of likely N-dealkylation sites (N-methyl/N-ethyl adjacent to an activating group) is 1. The number of anilines is 1. The van der Waals surface area contributed by atoms with Crippen LogP contribution in [-0.2, 0) is 20.7 Å². The van der Waals surface area contributed by atoms with Gasteiger partial charge in [-0.05, 0) is 70.2 Å². The molecule has 1 fully saturated rings. The molecule has 1 saturated heterocycles. The molecule has 1 amide bonds. The second kappa shape index (κ2) is 22.0. The van der Waals surface area contributed by atoms with E-state index in [0.717, 1.165) is 61.9 Å². The van der Waals surface area contributed by atoms with Crippen LogP contribution < -0.4 is 15.5 Å². The number of carbonyl (C=O) groups is 2. The highest BCUT2D eigenvalue weighted by Gasteiger charge is 2.29. The number of hydrazone groups is 1. The number of hydrogen-bond donors (Lipinski definition) is 2. The number of hydrogen-bond acceptors (Lipinski definition) is 7. The SMILES string of the molecule is C=NN(/C(C1=C(NC)C=C(C)C(C(=O)NCCc2ccc(N(CC)CCC)cc2)C=C1)=C(\C)C=O)C1CCOCC1.CC.CC. The van der Waals surface area contributed by atoms with Crippen LogP contribution >= 0.6 is 0 Å². The van der Waals surface area contributed by atoms with E-state index in [-0.39, 0.29) is 11.9 Å². The standard InChI is InChI=1S/C33H47N5O3.2C2H6/c1-7-19-37(8-2)27-11-9-26(10-12-27)15-18-36-33(40)29-13-14-30(31(34-5)22-24(29)3)32(25(4)23-39)38(35-6)28-16-20-41-21-17-28;2*1-2/h9-14,22-23,28-29,34H,6-8,15-21H2,1-5H3,(H,36,40);2*1-2H3/b32-25+;;. The molecule has 2 N–H and O–H groups in total. The zero-order chi connectivity index (χ0) is 33.8. The van der Waals surface area contributed by atoms with E-state index in [1.165, 1.54) is 11.3 Å². The maximum Gasteiger partial charge on any atom is 0.231 e. The molecular formula is C37H59N5O3. The molecule has 1 aromatic rings. The van der Waals surface area contributed by atoms with Crippen molar-refractivity contribution in [3.8, 4) is 0 Å². The van der Waals surface area contributed by atoms with Gasteiger partial charge in [-0.25, -0.2) is 0 Å². The fourth-order valence-electron chi connectivity index (χ4n) is 5.46. The summed E-state index contributed by atoms with van der Waals surface area (Å²) >= 11 is 0. The first kappa shape index (κ1) is 39.4. The first-order valence-electron chi connectivity index (χ1n) is 16.8. The molecule has 1 aliphatic carbocycles. The Hall–Kier alpha value is -3.65. The van der Waals surface area contributed by atoms with E-state index in [9.17, 15) is 9.59 Å². The number of nitrogens with zero attached hydrogens (tertiary/aromatic N) is 3. The fourth-order valence-corrected chi connectivity index (χ4v) is 5.46. The van der Waals surface area contributed by atoms with Gasteiger partial charge in [0.1, 0.15) is 6.29 Å². The molecule has 1 heterocycles. The molecule has 0 radical (unpaired) electrons. The van der Waals surface area contributed by atoms with Gasteiger partial charge >= 0.3 is 0 Å². The van der Waals surface area contributed by atoms with Gasteiger partial charge in [0.2, 0.25) is 5.91 Å². The lowest BCUT2D eigenvalue weighted by molar-refractivity contribution is -0.122. The van der Waals surface area contributed by atoms with E-state index in [1.807, 2.05) is 64.9 Å². The van der Waals surface area contributed by atoms with Crippen LogP contribution in [0.1, 0.15) is 80.2 Å². The van der Waals surface area contributed by atoms with Crippen molar-refractivity contribution < 1.29 is 14.3 Å². The number of carbonyl (C=O) groups excluding carboxylic acids is 2. The molecule has 8 heteroatoms. The van der Waals surface area contributed by atoms with Gasteiger partial charge < -0.3 is 20.3 Å². The van der Waals surface area contributed by atoms with Crippen LogP contribution in [0.4, 0.5) is 5.69 Å². The van der Waals surface area contributed by atoms with Gasteiger partial charge in [-0.1, -0.05) is 64.5 Å². The van der Waals surface area contributed by atoms with Crippen LogP contribution in [0.2, 0.25) is 0 Å². The lowest BCUT2D eigenvalue weighted by atomic mass is 9.99. The van der Waals surface area contributed by atoms with Crippen LogP contribution in [0, 0.1) is 5.92 Å². The molecule has 8 nitrogen and oxygen atoms in total. The van der Waals surface area contributed by atoms with Crippen molar-refractivity contribution in [2.24, 2.45) is 11.0 Å². The second-order valence-electron chi connectivity index (χ2n) is 10.6. The summed E-state index contributed by atoms with van der Waals surface area (Å²) in [6.45, 7) is 23.8. The van der Waals surface area contributed by atoms with Crippen molar-refractivity contribution in [1.82, 2.24) is 15.6 Å². The van der Waals surface area contributed by atoms with Gasteiger partial charge in [0.15, 0.2) is 0 Å². The third kappa shape index (κ3) is 11.3. The monoisotopic (exact) mass is 621 g/mol. The molecule has 0 aromatic heterocycles. The van der Waals surface area contributed by atoms with Crippen molar-refractivity contribution in [1.29, 1.82) is 0 Å². The van der Waals surface area contributed by atoms with Crippen LogP contribution in [0.25, 0.3) is 0 Å². The smallest absolute Gasteiger partial charge is 0.231 e. The number of nitrogens with one attached hydrogen (secondary N) is 2. The summed E-state index contributed by atoms with van der Waals surface area (Å²) in [5.74, 6) is -0.486. The van der Waals surface area contributed by atoms with Crippen LogP contribution in [0.15, 0.2) is 75.7 Å². The highest BCUT2D eigenvalue weighted by molar-refractivity contribution is 5.84. The minimum Gasteiger partial charge on any atom is -0.388 e. The number of rotatable bonds is 14. The van der Waals surface area contributed by atoms with E-state index in [1.54, 1.807) is 6.92 Å². The third-order valence-electron chi connectivity index (χ3n) is 7.77. The summed E-state index contributed by atoms with van der Waals surface area (Å²) in [5.41, 5.74) is 6.19. The van der Waals surface area contributed by atoms with Gasteiger partial charge in [0.05, 0.1) is 17.7 Å². The van der Waals surface area contributed by atoms with Crippen molar-refractivity contribution in [3.05, 3.63) is 76.2 Å². The molecule has 0 spiro atoms. The Morgan fingerprint density at radius 2 is 1.76 bits per heavy atom. The number of amides is 1. The summed E-state index contributed by atoms with van der Waals surface area (Å²) in [5, 5.41) is 12.6. The minimum absolute atomic E-state index is 0.0517. The van der Waals surface area contributed by atoms with Crippen molar-refractivity contribution >= 4 is 24.6 Å². The molecule has 3 rings (SSSR count). The van der Waals surface area contributed by atoms with Gasteiger partial charge in [0.25, 0.3) is 0 Å². The van der Waals surface area contributed by atoms with Crippen LogP contribution in [0.3, 0.4) is 0 Å². The molecule has 1 aliphatic heterocycles. The second-order valence-corrected chi connectivity index (χ2v) is 10.6. The Balaban J connectivity index is 0.00000243. The quantitative estimate of drug-likeness (QED) is 0.103. The molecule has 1 aromatic carbocycles. The van der Waals surface area contributed by atoms with Gasteiger partial charge in [-0.15, -0.1) is 0 Å². The highest BCUT2D eigenvalue weighted by Crippen LogP contribution is 2.32. The Morgan fingerprint density at radius 1 is 1.11 bits per heavy atom. The Labute approximate surface area is 273 Å². The number of allylic oxidation sites excluding steroid dienone is 3. The fraction of sp³-hybridized carbons (Fsp3) is 0.541.